The normalized spacial score (nSPS) is 26.9. The van der Waals surface area contributed by atoms with E-state index in [0.717, 1.165) is 10.7 Å². The third kappa shape index (κ3) is 3.25. The summed E-state index contributed by atoms with van der Waals surface area (Å²) in [5, 5.41) is -0.637. The van der Waals surface area contributed by atoms with Crippen LogP contribution in [-0.4, -0.2) is 45.5 Å². The Labute approximate surface area is 171 Å². The van der Waals surface area contributed by atoms with Gasteiger partial charge in [0.1, 0.15) is 5.41 Å². The molecule has 3 atom stereocenters. The van der Waals surface area contributed by atoms with Crippen LogP contribution in [0.15, 0.2) is 36.1 Å². The van der Waals surface area contributed by atoms with Crippen LogP contribution in [0.5, 0.6) is 0 Å². The average molecular weight is 424 g/mol. The first-order valence-electron chi connectivity index (χ1n) is 9.34. The fraction of sp³-hybridized carbons (Fsp3) is 0.500. The van der Waals surface area contributed by atoms with Gasteiger partial charge in [0.25, 0.3) is 5.91 Å². The molecule has 1 aliphatic carbocycles. The number of alkyl halides is 1. The van der Waals surface area contributed by atoms with Gasteiger partial charge in [-0.15, -0.1) is 11.6 Å². The van der Waals surface area contributed by atoms with Crippen LogP contribution in [0.2, 0.25) is 19.6 Å². The zero-order chi connectivity index (χ0) is 20.7. The lowest BCUT2D eigenvalue weighted by atomic mass is 9.69. The van der Waals surface area contributed by atoms with Crippen LogP contribution in [0, 0.1) is 0 Å². The number of para-hydroxylation sites is 1. The molecule has 0 fully saturated rings. The summed E-state index contributed by atoms with van der Waals surface area (Å²) in [5.41, 5.74) is -0.0591. The van der Waals surface area contributed by atoms with Crippen molar-refractivity contribution in [3.8, 4) is 0 Å². The summed E-state index contributed by atoms with van der Waals surface area (Å²) < 4.78 is 17.0. The minimum atomic E-state index is -1.85. The van der Waals surface area contributed by atoms with Crippen molar-refractivity contribution in [3.63, 3.8) is 0 Å². The van der Waals surface area contributed by atoms with Gasteiger partial charge in [0, 0.05) is 13.5 Å². The number of halogens is 1. The van der Waals surface area contributed by atoms with Crippen LogP contribution < -0.4 is 4.90 Å². The number of methoxy groups -OCH3 is 1. The molecule has 6 nitrogen and oxygen atoms in total. The Morgan fingerprint density at radius 3 is 2.61 bits per heavy atom. The third-order valence-electron chi connectivity index (χ3n) is 4.95. The number of carbonyl (C=O) groups is 2. The van der Waals surface area contributed by atoms with Gasteiger partial charge in [-0.2, -0.15) is 0 Å². The molecule has 152 valence electrons. The molecule has 1 heterocycles. The van der Waals surface area contributed by atoms with Crippen molar-refractivity contribution < 1.29 is 23.5 Å². The van der Waals surface area contributed by atoms with Gasteiger partial charge in [-0.1, -0.05) is 18.2 Å². The van der Waals surface area contributed by atoms with Gasteiger partial charge >= 0.3 is 6.09 Å². The number of benzene rings is 1. The highest BCUT2D eigenvalue weighted by Gasteiger charge is 2.63. The number of hydrogen-bond donors (Lipinski definition) is 0. The van der Waals surface area contributed by atoms with Gasteiger partial charge in [0.15, 0.2) is 0 Å². The number of amides is 2. The quantitative estimate of drug-likeness (QED) is 0.536. The lowest BCUT2D eigenvalue weighted by Crippen LogP contribution is -2.57. The van der Waals surface area contributed by atoms with E-state index in [9.17, 15) is 9.59 Å². The number of carbonyl (C=O) groups excluding carboxylic acids is 2. The number of hydrogen-bond acceptors (Lipinski definition) is 5. The summed E-state index contributed by atoms with van der Waals surface area (Å²) in [7, 11) is -0.316. The summed E-state index contributed by atoms with van der Waals surface area (Å²) in [6.07, 6.45) is 0.843. The third-order valence-corrected chi connectivity index (χ3v) is 6.32. The fourth-order valence-electron chi connectivity index (χ4n) is 3.98. The van der Waals surface area contributed by atoms with Crippen molar-refractivity contribution in [1.82, 2.24) is 0 Å². The Balaban J connectivity index is 2.14. The largest absolute Gasteiger partial charge is 0.547 e. The molecular formula is C20H26ClNO5Si. The Hall–Kier alpha value is -1.83. The first-order valence-corrected chi connectivity index (χ1v) is 13.2. The van der Waals surface area contributed by atoms with Crippen molar-refractivity contribution in [2.45, 2.75) is 49.9 Å². The van der Waals surface area contributed by atoms with Crippen LogP contribution in [0.4, 0.5) is 10.5 Å². The first-order chi connectivity index (χ1) is 13.2. The highest BCUT2D eigenvalue weighted by atomic mass is 35.5. The number of nitrogens with zero attached hydrogens (tertiary/aromatic N) is 1. The van der Waals surface area contributed by atoms with E-state index in [1.54, 1.807) is 19.1 Å². The maximum Gasteiger partial charge on any atom is 0.421 e. The molecule has 0 unspecified atom stereocenters. The van der Waals surface area contributed by atoms with Crippen LogP contribution in [0.3, 0.4) is 0 Å². The highest BCUT2D eigenvalue weighted by molar-refractivity contribution is 6.70. The summed E-state index contributed by atoms with van der Waals surface area (Å²) in [5.74, 6) is 0.304. The molecule has 3 rings (SSSR count). The Bertz CT molecular complexity index is 821. The number of rotatable bonds is 4. The van der Waals surface area contributed by atoms with E-state index in [1.165, 1.54) is 7.11 Å². The lowest BCUT2D eigenvalue weighted by Gasteiger charge is -2.42. The molecule has 28 heavy (non-hydrogen) atoms. The summed E-state index contributed by atoms with van der Waals surface area (Å²) in [6.45, 7) is 8.13. The standard InChI is InChI=1S/C20H26ClNO5Si/c1-6-26-19(24)22-15-10-8-7-9-14(15)20(18(22)23)16(21)11-13(12-17(20)25-2)27-28(3,4)5/h7-10,12,16-17H,6,11H2,1-5H3/t16-,17+,20+/m0/s1. The molecule has 1 aromatic rings. The van der Waals surface area contributed by atoms with Gasteiger partial charge in [-0.3, -0.25) is 4.79 Å². The van der Waals surface area contributed by atoms with E-state index in [2.05, 4.69) is 19.6 Å². The van der Waals surface area contributed by atoms with E-state index >= 15 is 0 Å². The van der Waals surface area contributed by atoms with Crippen molar-refractivity contribution in [1.29, 1.82) is 0 Å². The number of imide groups is 1. The Kier molecular flexibility index (Phi) is 5.62. The lowest BCUT2D eigenvalue weighted by molar-refractivity contribution is -0.127. The van der Waals surface area contributed by atoms with E-state index in [-0.39, 0.29) is 6.61 Å². The topological polar surface area (TPSA) is 65.1 Å². The molecule has 1 aromatic carbocycles. The minimum absolute atomic E-state index is 0.171. The molecule has 0 saturated carbocycles. The molecule has 0 radical (unpaired) electrons. The van der Waals surface area contributed by atoms with Gasteiger partial charge in [0.2, 0.25) is 8.32 Å². The van der Waals surface area contributed by atoms with Crippen molar-refractivity contribution in [3.05, 3.63) is 41.7 Å². The predicted octanol–water partition coefficient (Wildman–Crippen LogP) is 4.19. The van der Waals surface area contributed by atoms with Gasteiger partial charge in [-0.25, -0.2) is 9.69 Å². The fourth-order valence-corrected chi connectivity index (χ4v) is 5.41. The maximum atomic E-state index is 13.6. The van der Waals surface area contributed by atoms with E-state index in [4.69, 9.17) is 25.5 Å². The molecule has 1 aliphatic heterocycles. The molecule has 1 spiro atoms. The van der Waals surface area contributed by atoms with E-state index in [1.807, 2.05) is 18.2 Å². The van der Waals surface area contributed by atoms with E-state index < -0.39 is 37.2 Å². The number of fused-ring (bicyclic) bond motifs is 2. The van der Waals surface area contributed by atoms with Crippen LogP contribution in [0.1, 0.15) is 18.9 Å². The molecule has 2 amide bonds. The summed E-state index contributed by atoms with van der Waals surface area (Å²) in [4.78, 5) is 27.3. The smallest absolute Gasteiger partial charge is 0.421 e. The molecule has 0 bridgehead atoms. The maximum absolute atomic E-state index is 13.6. The van der Waals surface area contributed by atoms with Crippen molar-refractivity contribution in [2.24, 2.45) is 0 Å². The van der Waals surface area contributed by atoms with Gasteiger partial charge in [-0.05, 0) is 44.3 Å². The second-order valence-electron chi connectivity index (χ2n) is 7.90. The van der Waals surface area contributed by atoms with Crippen molar-refractivity contribution in [2.75, 3.05) is 18.6 Å². The average Bonchev–Trinajstić information content (AvgIpc) is 2.86. The molecule has 0 N–H and O–H groups in total. The highest BCUT2D eigenvalue weighted by Crippen LogP contribution is 2.52. The second kappa shape index (κ2) is 7.53. The van der Waals surface area contributed by atoms with E-state index in [0.29, 0.717) is 17.7 Å². The van der Waals surface area contributed by atoms with Crippen LogP contribution >= 0.6 is 11.6 Å². The number of allylic oxidation sites excluding steroid dienone is 1. The number of ether oxygens (including phenoxy) is 2. The Morgan fingerprint density at radius 1 is 1.32 bits per heavy atom. The SMILES string of the molecule is CCOC(=O)N1C(=O)[C@]2(c3ccccc31)[C@@H](Cl)CC(O[Si](C)(C)C)=C[C@H]2OC. The first kappa shape index (κ1) is 20.9. The van der Waals surface area contributed by atoms with Crippen molar-refractivity contribution >= 4 is 37.6 Å². The second-order valence-corrected chi connectivity index (χ2v) is 12.9. The van der Waals surface area contributed by atoms with Gasteiger partial charge < -0.3 is 13.9 Å². The monoisotopic (exact) mass is 423 g/mol. The summed E-state index contributed by atoms with van der Waals surface area (Å²) in [6, 6.07) is 7.16. The summed E-state index contributed by atoms with van der Waals surface area (Å²) >= 11 is 6.86. The molecular weight excluding hydrogens is 398 g/mol. The molecule has 2 aliphatic rings. The predicted molar refractivity (Wildman–Crippen MR) is 110 cm³/mol. The zero-order valence-corrected chi connectivity index (χ0v) is 18.6. The molecule has 8 heteroatoms. The molecule has 0 aromatic heterocycles. The van der Waals surface area contributed by atoms with Gasteiger partial charge in [0.05, 0.1) is 29.5 Å². The van der Waals surface area contributed by atoms with Crippen LogP contribution in [-0.2, 0) is 24.1 Å². The Morgan fingerprint density at radius 2 is 2.00 bits per heavy atom. The zero-order valence-electron chi connectivity index (χ0n) is 16.8. The molecule has 0 saturated heterocycles. The van der Waals surface area contributed by atoms with Crippen LogP contribution in [0.25, 0.3) is 0 Å². The minimum Gasteiger partial charge on any atom is -0.547 e. The number of anilines is 1.